The van der Waals surface area contributed by atoms with Gasteiger partial charge in [0, 0.05) is 5.39 Å². The Morgan fingerprint density at radius 1 is 1.06 bits per heavy atom. The van der Waals surface area contributed by atoms with Crippen LogP contribution >= 0.6 is 0 Å². The minimum atomic E-state index is -0.862. The average Bonchev–Trinajstić information content (AvgIpc) is 3.30. The summed E-state index contributed by atoms with van der Waals surface area (Å²) in [6.07, 6.45) is 3.36. The molecule has 0 radical (unpaired) electrons. The van der Waals surface area contributed by atoms with E-state index in [-0.39, 0.29) is 18.4 Å². The lowest BCUT2D eigenvalue weighted by atomic mass is 9.96. The molecule has 2 N–H and O–H groups in total. The molecule has 0 aliphatic carbocycles. The van der Waals surface area contributed by atoms with E-state index in [1.807, 2.05) is 54.7 Å². The number of aromatic amines is 1. The fraction of sp³-hybridized carbons (Fsp3) is 0.214. The quantitative estimate of drug-likeness (QED) is 0.319. The number of nitrogens with one attached hydrogen (secondary N) is 1. The van der Waals surface area contributed by atoms with Crippen LogP contribution < -0.4 is 4.74 Å². The number of aryl methyl sites for hydroxylation is 1. The first-order valence-corrected chi connectivity index (χ1v) is 11.0. The highest BCUT2D eigenvalue weighted by atomic mass is 16.5. The molecule has 0 bridgehead atoms. The third-order valence-corrected chi connectivity index (χ3v) is 5.63. The van der Waals surface area contributed by atoms with Crippen LogP contribution in [0, 0.1) is 11.8 Å². The van der Waals surface area contributed by atoms with Crippen molar-refractivity contribution < 1.29 is 14.6 Å². The van der Waals surface area contributed by atoms with E-state index in [1.165, 1.54) is 5.56 Å². The SMILES string of the molecule is CC#CC(CC(=O)O)c1ccc(OC(CCc2ccccc2)c2ccc3[nH]ncc3c2)cc1. The summed E-state index contributed by atoms with van der Waals surface area (Å²) in [6, 6.07) is 24.2. The molecule has 5 nitrogen and oxygen atoms in total. The van der Waals surface area contributed by atoms with Crippen molar-refractivity contribution in [1.82, 2.24) is 10.2 Å². The maximum atomic E-state index is 11.2. The van der Waals surface area contributed by atoms with Crippen molar-refractivity contribution in [3.05, 3.63) is 95.7 Å². The van der Waals surface area contributed by atoms with Gasteiger partial charge in [0.2, 0.25) is 0 Å². The first-order chi connectivity index (χ1) is 16.1. The summed E-state index contributed by atoms with van der Waals surface area (Å²) < 4.78 is 6.44. The third-order valence-electron chi connectivity index (χ3n) is 5.63. The first-order valence-electron chi connectivity index (χ1n) is 11.0. The van der Waals surface area contributed by atoms with E-state index >= 15 is 0 Å². The second-order valence-electron chi connectivity index (χ2n) is 7.96. The molecule has 0 aliphatic heterocycles. The molecular formula is C28H26N2O3. The normalized spacial score (nSPS) is 12.5. The molecule has 0 saturated heterocycles. The predicted octanol–water partition coefficient (Wildman–Crippen LogP) is 5.90. The number of hydrogen-bond donors (Lipinski definition) is 2. The van der Waals surface area contributed by atoms with E-state index in [0.29, 0.717) is 0 Å². The van der Waals surface area contributed by atoms with E-state index in [9.17, 15) is 9.90 Å². The van der Waals surface area contributed by atoms with Crippen LogP contribution in [0.3, 0.4) is 0 Å². The van der Waals surface area contributed by atoms with Crippen LogP contribution in [-0.4, -0.2) is 21.3 Å². The number of nitrogens with zero attached hydrogens (tertiary/aromatic N) is 1. The molecule has 0 saturated carbocycles. The van der Waals surface area contributed by atoms with Crippen LogP contribution in [0.4, 0.5) is 0 Å². The van der Waals surface area contributed by atoms with E-state index in [4.69, 9.17) is 4.74 Å². The van der Waals surface area contributed by atoms with Crippen LogP contribution in [0.15, 0.2) is 79.0 Å². The summed E-state index contributed by atoms with van der Waals surface area (Å²) in [5, 5.41) is 17.3. The van der Waals surface area contributed by atoms with E-state index < -0.39 is 5.97 Å². The number of aliphatic carboxylic acids is 1. The number of benzene rings is 3. The molecule has 0 spiro atoms. The zero-order chi connectivity index (χ0) is 23.0. The van der Waals surface area contributed by atoms with Crippen molar-refractivity contribution in [2.45, 2.75) is 38.2 Å². The second kappa shape index (κ2) is 10.5. The van der Waals surface area contributed by atoms with Gasteiger partial charge in [-0.3, -0.25) is 9.89 Å². The first kappa shape index (κ1) is 22.2. The molecule has 4 rings (SSSR count). The minimum absolute atomic E-state index is 0.0224. The molecule has 3 aromatic carbocycles. The molecule has 5 heteroatoms. The van der Waals surface area contributed by atoms with Gasteiger partial charge in [-0.05, 0) is 60.7 Å². The largest absolute Gasteiger partial charge is 0.486 e. The van der Waals surface area contributed by atoms with Crippen LogP contribution in [0.5, 0.6) is 5.75 Å². The topological polar surface area (TPSA) is 75.2 Å². The molecule has 0 amide bonds. The fourth-order valence-corrected chi connectivity index (χ4v) is 3.94. The van der Waals surface area contributed by atoms with Gasteiger partial charge in [0.15, 0.2) is 0 Å². The van der Waals surface area contributed by atoms with Gasteiger partial charge < -0.3 is 9.84 Å². The predicted molar refractivity (Wildman–Crippen MR) is 129 cm³/mol. The summed E-state index contributed by atoms with van der Waals surface area (Å²) in [4.78, 5) is 11.2. The average molecular weight is 439 g/mol. The van der Waals surface area contributed by atoms with E-state index in [2.05, 4.69) is 46.3 Å². The van der Waals surface area contributed by atoms with E-state index in [1.54, 1.807) is 6.92 Å². The zero-order valence-electron chi connectivity index (χ0n) is 18.5. The Morgan fingerprint density at radius 3 is 2.55 bits per heavy atom. The summed E-state index contributed by atoms with van der Waals surface area (Å²) in [5.41, 5.74) is 4.22. The van der Waals surface area contributed by atoms with Gasteiger partial charge in [0.1, 0.15) is 11.9 Å². The van der Waals surface area contributed by atoms with Gasteiger partial charge in [-0.15, -0.1) is 5.92 Å². The van der Waals surface area contributed by atoms with Gasteiger partial charge in [0.25, 0.3) is 0 Å². The lowest BCUT2D eigenvalue weighted by molar-refractivity contribution is -0.137. The highest BCUT2D eigenvalue weighted by Gasteiger charge is 2.17. The standard InChI is InChI=1S/C28H26N2O3/c1-2-6-22(18-28(31)32)21-10-13-25(14-11-21)33-27(16-9-20-7-4-3-5-8-20)23-12-15-26-24(17-23)19-29-30-26/h3-5,7-8,10-15,17,19,22,27H,9,16,18H2,1H3,(H,29,30)(H,31,32). The number of aromatic nitrogens is 2. The summed E-state index contributed by atoms with van der Waals surface area (Å²) in [6.45, 7) is 1.72. The summed E-state index contributed by atoms with van der Waals surface area (Å²) >= 11 is 0. The zero-order valence-corrected chi connectivity index (χ0v) is 18.5. The number of carbonyl (C=O) groups is 1. The van der Waals surface area contributed by atoms with E-state index in [0.717, 1.165) is 40.6 Å². The molecular weight excluding hydrogens is 412 g/mol. The van der Waals surface area contributed by atoms with Crippen molar-refractivity contribution in [3.8, 4) is 17.6 Å². The Balaban J connectivity index is 1.56. The Kier molecular flexibility index (Phi) is 7.06. The molecule has 1 aromatic heterocycles. The Labute approximate surface area is 193 Å². The number of ether oxygens (including phenoxy) is 1. The van der Waals surface area contributed by atoms with Crippen molar-refractivity contribution >= 4 is 16.9 Å². The number of H-pyrrole nitrogens is 1. The third kappa shape index (κ3) is 5.81. The van der Waals surface area contributed by atoms with Crippen LogP contribution in [0.2, 0.25) is 0 Å². The molecule has 1 heterocycles. The minimum Gasteiger partial charge on any atom is -0.486 e. The maximum Gasteiger partial charge on any atom is 0.304 e. The molecule has 0 aliphatic rings. The van der Waals surface area contributed by atoms with Gasteiger partial charge in [-0.1, -0.05) is 54.5 Å². The maximum absolute atomic E-state index is 11.2. The number of hydrogen-bond acceptors (Lipinski definition) is 3. The Bertz CT molecular complexity index is 1270. The van der Waals surface area contributed by atoms with Crippen molar-refractivity contribution in [1.29, 1.82) is 0 Å². The highest BCUT2D eigenvalue weighted by Crippen LogP contribution is 2.30. The number of carboxylic acid groups (broad SMARTS) is 1. The van der Waals surface area contributed by atoms with Gasteiger partial charge >= 0.3 is 5.97 Å². The monoisotopic (exact) mass is 438 g/mol. The van der Waals surface area contributed by atoms with Crippen LogP contribution in [-0.2, 0) is 11.2 Å². The Hall–Kier alpha value is -4.04. The highest BCUT2D eigenvalue weighted by molar-refractivity contribution is 5.78. The van der Waals surface area contributed by atoms with Crippen molar-refractivity contribution in [2.24, 2.45) is 0 Å². The second-order valence-corrected chi connectivity index (χ2v) is 7.96. The lowest BCUT2D eigenvalue weighted by Crippen LogP contribution is -2.09. The molecule has 0 fully saturated rings. The smallest absolute Gasteiger partial charge is 0.304 e. The van der Waals surface area contributed by atoms with Crippen LogP contribution in [0.1, 0.15) is 48.5 Å². The fourth-order valence-electron chi connectivity index (χ4n) is 3.94. The molecule has 2 unspecified atom stereocenters. The van der Waals surface area contributed by atoms with Crippen molar-refractivity contribution in [2.75, 3.05) is 0 Å². The molecule has 2 atom stereocenters. The van der Waals surface area contributed by atoms with Gasteiger partial charge in [0.05, 0.1) is 24.1 Å². The summed E-state index contributed by atoms with van der Waals surface area (Å²) in [5.74, 6) is 5.36. The van der Waals surface area contributed by atoms with Gasteiger partial charge in [-0.2, -0.15) is 5.10 Å². The lowest BCUT2D eigenvalue weighted by Gasteiger charge is -2.20. The Morgan fingerprint density at radius 2 is 1.82 bits per heavy atom. The number of fused-ring (bicyclic) bond motifs is 1. The molecule has 166 valence electrons. The van der Waals surface area contributed by atoms with Crippen LogP contribution in [0.25, 0.3) is 10.9 Å². The molecule has 33 heavy (non-hydrogen) atoms. The molecule has 4 aromatic rings. The number of carboxylic acids is 1. The number of rotatable bonds is 9. The summed E-state index contributed by atoms with van der Waals surface area (Å²) in [7, 11) is 0. The van der Waals surface area contributed by atoms with Crippen molar-refractivity contribution in [3.63, 3.8) is 0 Å². The van der Waals surface area contributed by atoms with Gasteiger partial charge in [-0.25, -0.2) is 0 Å².